The van der Waals surface area contributed by atoms with Crippen molar-refractivity contribution in [3.63, 3.8) is 0 Å². The summed E-state index contributed by atoms with van der Waals surface area (Å²) in [6.45, 7) is 0.385. The molecule has 0 aromatic heterocycles. The zero-order valence-corrected chi connectivity index (χ0v) is 10.0. The first-order valence-corrected chi connectivity index (χ1v) is 5.59. The second-order valence-corrected chi connectivity index (χ2v) is 3.76. The highest BCUT2D eigenvalue weighted by atomic mass is 16.5. The van der Waals surface area contributed by atoms with Crippen molar-refractivity contribution >= 4 is 5.69 Å². The molecule has 2 rings (SSSR count). The number of azide groups is 1. The number of ether oxygens (including phenoxy) is 1. The summed E-state index contributed by atoms with van der Waals surface area (Å²) in [6.07, 6.45) is 0. The van der Waals surface area contributed by atoms with E-state index in [-0.39, 0.29) is 0 Å². The molecule has 0 heterocycles. The van der Waals surface area contributed by atoms with Gasteiger partial charge in [0.2, 0.25) is 0 Å². The lowest BCUT2D eigenvalue weighted by atomic mass is 10.2. The molecular weight excluding hydrogens is 240 g/mol. The van der Waals surface area contributed by atoms with Crippen LogP contribution in [0.25, 0.3) is 10.4 Å². The van der Waals surface area contributed by atoms with E-state index in [4.69, 9.17) is 15.5 Å². The number of benzene rings is 2. The van der Waals surface area contributed by atoms with E-state index < -0.39 is 0 Å². The van der Waals surface area contributed by atoms with Crippen molar-refractivity contribution in [2.24, 2.45) is 5.11 Å². The van der Waals surface area contributed by atoms with Crippen molar-refractivity contribution in [2.75, 3.05) is 0 Å². The topological polar surface area (TPSA) is 81.8 Å². The van der Waals surface area contributed by atoms with Gasteiger partial charge in [-0.25, -0.2) is 0 Å². The lowest BCUT2D eigenvalue weighted by molar-refractivity contribution is 0.305. The lowest BCUT2D eigenvalue weighted by Gasteiger charge is -2.08. The molecule has 0 aliphatic carbocycles. The van der Waals surface area contributed by atoms with Gasteiger partial charge in [-0.15, -0.1) is 0 Å². The van der Waals surface area contributed by atoms with Crippen molar-refractivity contribution < 1.29 is 4.74 Å². The number of nitrogens with zero attached hydrogens (tertiary/aromatic N) is 4. The van der Waals surface area contributed by atoms with Crippen LogP contribution >= 0.6 is 0 Å². The predicted molar refractivity (Wildman–Crippen MR) is 70.7 cm³/mol. The Hall–Kier alpha value is -2.96. The maximum atomic E-state index is 9.04. The maximum absolute atomic E-state index is 9.04. The third-order valence-corrected chi connectivity index (χ3v) is 2.48. The van der Waals surface area contributed by atoms with Crippen molar-refractivity contribution in [1.29, 1.82) is 5.26 Å². The van der Waals surface area contributed by atoms with Crippen molar-refractivity contribution in [2.45, 2.75) is 6.61 Å². The Morgan fingerprint density at radius 3 is 2.68 bits per heavy atom. The molecule has 2 aromatic carbocycles. The first-order valence-electron chi connectivity index (χ1n) is 5.59. The zero-order valence-electron chi connectivity index (χ0n) is 10.0. The van der Waals surface area contributed by atoms with Gasteiger partial charge in [0.1, 0.15) is 18.4 Å². The summed E-state index contributed by atoms with van der Waals surface area (Å²) < 4.78 is 5.59. The summed E-state index contributed by atoms with van der Waals surface area (Å²) in [7, 11) is 0. The van der Waals surface area contributed by atoms with E-state index >= 15 is 0 Å². The molecule has 5 nitrogen and oxygen atoms in total. The Kier molecular flexibility index (Phi) is 4.01. The molecule has 0 fully saturated rings. The molecule has 0 N–H and O–H groups in total. The van der Waals surface area contributed by atoms with Crippen LogP contribution in [0.2, 0.25) is 0 Å². The van der Waals surface area contributed by atoms with Crippen molar-refractivity contribution in [3.8, 4) is 11.8 Å². The van der Waals surface area contributed by atoms with E-state index in [1.807, 2.05) is 36.4 Å². The molecule has 0 aliphatic rings. The molecule has 0 saturated carbocycles. The Morgan fingerprint density at radius 2 is 2.00 bits per heavy atom. The fraction of sp³-hybridized carbons (Fsp3) is 0.0714. The average Bonchev–Trinajstić information content (AvgIpc) is 2.47. The first kappa shape index (κ1) is 12.5. The first-order chi connectivity index (χ1) is 9.33. The van der Waals surface area contributed by atoms with Gasteiger partial charge < -0.3 is 4.74 Å². The molecule has 0 aliphatic heterocycles. The van der Waals surface area contributed by atoms with Crippen LogP contribution < -0.4 is 4.74 Å². The Morgan fingerprint density at radius 1 is 1.21 bits per heavy atom. The van der Waals surface area contributed by atoms with Gasteiger partial charge in [0.25, 0.3) is 0 Å². The second kappa shape index (κ2) is 6.10. The van der Waals surface area contributed by atoms with Crippen LogP contribution in [0.1, 0.15) is 11.1 Å². The highest BCUT2D eigenvalue weighted by molar-refractivity contribution is 5.52. The Labute approximate surface area is 110 Å². The van der Waals surface area contributed by atoms with E-state index in [9.17, 15) is 0 Å². The molecule has 19 heavy (non-hydrogen) atoms. The Bertz CT molecular complexity index is 655. The van der Waals surface area contributed by atoms with Gasteiger partial charge in [-0.3, -0.25) is 0 Å². The normalized spacial score (nSPS) is 9.21. The smallest absolute Gasteiger partial charge is 0.137 e. The number of hydrogen-bond donors (Lipinski definition) is 0. The maximum Gasteiger partial charge on any atom is 0.137 e. The summed E-state index contributed by atoms with van der Waals surface area (Å²) in [4.78, 5) is 2.68. The van der Waals surface area contributed by atoms with E-state index in [0.717, 1.165) is 5.56 Å². The number of rotatable bonds is 4. The fourth-order valence-corrected chi connectivity index (χ4v) is 1.58. The van der Waals surface area contributed by atoms with Gasteiger partial charge in [0, 0.05) is 10.6 Å². The van der Waals surface area contributed by atoms with Gasteiger partial charge in [-0.2, -0.15) is 5.26 Å². The van der Waals surface area contributed by atoms with Crippen LogP contribution in [0.4, 0.5) is 5.69 Å². The van der Waals surface area contributed by atoms with Gasteiger partial charge in [-0.1, -0.05) is 35.4 Å². The summed E-state index contributed by atoms with van der Waals surface area (Å²) in [6, 6.07) is 16.4. The summed E-state index contributed by atoms with van der Waals surface area (Å²) >= 11 is 0. The zero-order chi connectivity index (χ0) is 13.5. The molecule has 5 heteroatoms. The molecule has 0 unspecified atom stereocenters. The summed E-state index contributed by atoms with van der Waals surface area (Å²) in [5, 5.41) is 12.5. The van der Waals surface area contributed by atoms with Gasteiger partial charge in [0.15, 0.2) is 0 Å². The van der Waals surface area contributed by atoms with E-state index in [2.05, 4.69) is 10.0 Å². The van der Waals surface area contributed by atoms with Crippen LogP contribution in [-0.4, -0.2) is 0 Å². The molecule has 92 valence electrons. The monoisotopic (exact) mass is 250 g/mol. The molecule has 0 atom stereocenters. The minimum atomic E-state index is 0.348. The third kappa shape index (κ3) is 3.25. The minimum Gasteiger partial charge on any atom is -0.488 e. The van der Waals surface area contributed by atoms with E-state index in [1.54, 1.807) is 12.1 Å². The lowest BCUT2D eigenvalue weighted by Crippen LogP contribution is -1.96. The number of nitriles is 1. The molecule has 0 radical (unpaired) electrons. The quantitative estimate of drug-likeness (QED) is 0.465. The standard InChI is InChI=1S/C14H10N4O/c15-9-12-8-13(17-18-16)6-7-14(12)19-10-11-4-2-1-3-5-11/h1-8H,10H2. The predicted octanol–water partition coefficient (Wildman–Crippen LogP) is 4.08. The highest BCUT2D eigenvalue weighted by Crippen LogP contribution is 2.24. The minimum absolute atomic E-state index is 0.348. The molecule has 0 spiro atoms. The van der Waals surface area contributed by atoms with E-state index in [0.29, 0.717) is 23.6 Å². The van der Waals surface area contributed by atoms with Crippen molar-refractivity contribution in [3.05, 3.63) is 70.1 Å². The van der Waals surface area contributed by atoms with Crippen LogP contribution in [0.3, 0.4) is 0 Å². The van der Waals surface area contributed by atoms with Crippen molar-refractivity contribution in [1.82, 2.24) is 0 Å². The third-order valence-electron chi connectivity index (χ3n) is 2.48. The second-order valence-electron chi connectivity index (χ2n) is 3.76. The fourth-order valence-electron chi connectivity index (χ4n) is 1.58. The van der Waals surface area contributed by atoms with Gasteiger partial charge in [-0.05, 0) is 29.3 Å². The van der Waals surface area contributed by atoms with E-state index in [1.165, 1.54) is 6.07 Å². The summed E-state index contributed by atoms with van der Waals surface area (Å²) in [5.74, 6) is 0.475. The summed E-state index contributed by atoms with van der Waals surface area (Å²) in [5.41, 5.74) is 10.1. The number of hydrogen-bond acceptors (Lipinski definition) is 3. The highest BCUT2D eigenvalue weighted by Gasteiger charge is 2.04. The largest absolute Gasteiger partial charge is 0.488 e. The average molecular weight is 250 g/mol. The van der Waals surface area contributed by atoms with Crippen LogP contribution in [0.5, 0.6) is 5.75 Å². The Balaban J connectivity index is 2.17. The van der Waals surface area contributed by atoms with Gasteiger partial charge >= 0.3 is 0 Å². The van der Waals surface area contributed by atoms with Gasteiger partial charge in [0.05, 0.1) is 5.56 Å². The SMILES string of the molecule is N#Cc1cc(N=[N+]=[N-])ccc1OCc1ccccc1. The molecule has 0 saturated heterocycles. The van der Waals surface area contributed by atoms with Crippen LogP contribution in [0, 0.1) is 11.3 Å². The molecular formula is C14H10N4O. The molecule has 0 amide bonds. The molecule has 0 bridgehead atoms. The molecule has 2 aromatic rings. The van der Waals surface area contributed by atoms with Crippen LogP contribution in [-0.2, 0) is 6.61 Å². The van der Waals surface area contributed by atoms with Crippen LogP contribution in [0.15, 0.2) is 53.6 Å².